The quantitative estimate of drug-likeness (QED) is 0.291. The molecule has 0 saturated carbocycles. The molecule has 0 spiro atoms. The normalized spacial score (nSPS) is 8.85. The molecule has 0 fully saturated rings. The molecule has 0 aliphatic heterocycles. The van der Waals surface area contributed by atoms with E-state index in [0.29, 0.717) is 13.1 Å². The summed E-state index contributed by atoms with van der Waals surface area (Å²) in [5, 5.41) is 26.5. The average molecular weight is 512 g/mol. The van der Waals surface area contributed by atoms with Gasteiger partial charge in [-0.3, -0.25) is 9.59 Å². The van der Waals surface area contributed by atoms with Gasteiger partial charge in [-0.2, -0.15) is 0 Å². The zero-order valence-corrected chi connectivity index (χ0v) is 15.2. The SMILES string of the molecule is CC(=O)O.O=c1[nH]ccc(I)c1I.OCCNCCO. The fourth-order valence-corrected chi connectivity index (χ4v) is 1.48. The number of rotatable bonds is 4. The van der Waals surface area contributed by atoms with Crippen LogP contribution in [0.2, 0.25) is 0 Å². The van der Waals surface area contributed by atoms with Gasteiger partial charge < -0.3 is 25.6 Å². The number of aliphatic carboxylic acids is 1. The molecule has 0 aliphatic carbocycles. The first kappa shape index (κ1) is 22.0. The smallest absolute Gasteiger partial charge is 0.300 e. The van der Waals surface area contributed by atoms with Crippen molar-refractivity contribution in [1.82, 2.24) is 10.3 Å². The number of carboxylic acids is 1. The lowest BCUT2D eigenvalue weighted by Crippen LogP contribution is -2.21. The first-order valence-corrected chi connectivity index (χ1v) is 7.67. The summed E-state index contributed by atoms with van der Waals surface area (Å²) in [7, 11) is 0. The molecule has 0 atom stereocenters. The lowest BCUT2D eigenvalue weighted by atomic mass is 10.5. The van der Waals surface area contributed by atoms with Crippen LogP contribution in [0.1, 0.15) is 6.92 Å². The van der Waals surface area contributed by atoms with Crippen LogP contribution in [0.15, 0.2) is 17.1 Å². The fourth-order valence-electron chi connectivity index (χ4n) is 0.719. The van der Waals surface area contributed by atoms with Crippen molar-refractivity contribution < 1.29 is 20.1 Å². The molecule has 1 heterocycles. The van der Waals surface area contributed by atoms with Crippen molar-refractivity contribution in [2.75, 3.05) is 26.3 Å². The summed E-state index contributed by atoms with van der Waals surface area (Å²) in [6.07, 6.45) is 1.65. The summed E-state index contributed by atoms with van der Waals surface area (Å²) in [4.78, 5) is 22.3. The molecular weight excluding hydrogens is 494 g/mol. The number of hydrogen-bond donors (Lipinski definition) is 5. The Morgan fingerprint density at radius 3 is 2.05 bits per heavy atom. The van der Waals surface area contributed by atoms with Gasteiger partial charge in [0.05, 0.1) is 16.8 Å². The Labute approximate surface area is 144 Å². The number of aromatic nitrogens is 1. The molecule has 0 saturated heterocycles. The molecule has 116 valence electrons. The maximum atomic E-state index is 10.8. The van der Waals surface area contributed by atoms with Crippen LogP contribution in [0.5, 0.6) is 0 Å². The maximum Gasteiger partial charge on any atom is 0.300 e. The average Bonchev–Trinajstić information content (AvgIpc) is 2.37. The predicted octanol–water partition coefficient (Wildman–Crippen LogP) is 0.236. The van der Waals surface area contributed by atoms with E-state index in [0.717, 1.165) is 14.1 Å². The van der Waals surface area contributed by atoms with E-state index in [1.807, 2.05) is 28.7 Å². The van der Waals surface area contributed by atoms with Crippen LogP contribution >= 0.6 is 45.2 Å². The monoisotopic (exact) mass is 512 g/mol. The lowest BCUT2D eigenvalue weighted by molar-refractivity contribution is -0.134. The maximum absolute atomic E-state index is 10.8. The third kappa shape index (κ3) is 15.8. The summed E-state index contributed by atoms with van der Waals surface area (Å²) in [5.74, 6) is -0.833. The Hall–Kier alpha value is -0.240. The Bertz CT molecular complexity index is 418. The standard InChI is InChI=1S/C5H3I2NO.C4H11NO2.C2H4O2/c6-3-1-2-8-5(9)4(3)7;6-3-1-5-2-4-7;1-2(3)4/h1-2H,(H,8,9);5-7H,1-4H2;1H3,(H,3,4). The Kier molecular flexibility index (Phi) is 16.7. The van der Waals surface area contributed by atoms with Gasteiger partial charge >= 0.3 is 0 Å². The first-order valence-electron chi connectivity index (χ1n) is 5.51. The number of carbonyl (C=O) groups is 1. The summed E-state index contributed by atoms with van der Waals surface area (Å²) < 4.78 is 1.76. The van der Waals surface area contributed by atoms with Gasteiger partial charge in [0, 0.05) is 29.8 Å². The zero-order valence-electron chi connectivity index (χ0n) is 10.9. The van der Waals surface area contributed by atoms with Gasteiger partial charge in [-0.05, 0) is 51.2 Å². The van der Waals surface area contributed by atoms with Crippen LogP contribution in [0.4, 0.5) is 0 Å². The summed E-state index contributed by atoms with van der Waals surface area (Å²) in [6.45, 7) is 2.50. The molecule has 7 nitrogen and oxygen atoms in total. The first-order chi connectivity index (χ1) is 9.36. The van der Waals surface area contributed by atoms with Gasteiger partial charge in [-0.25, -0.2) is 0 Å². The van der Waals surface area contributed by atoms with E-state index in [-0.39, 0.29) is 18.8 Å². The van der Waals surface area contributed by atoms with Crippen molar-refractivity contribution in [2.24, 2.45) is 0 Å². The van der Waals surface area contributed by atoms with E-state index < -0.39 is 5.97 Å². The number of aliphatic hydroxyl groups excluding tert-OH is 2. The Morgan fingerprint density at radius 2 is 1.75 bits per heavy atom. The number of H-pyrrole nitrogens is 1. The van der Waals surface area contributed by atoms with Crippen molar-refractivity contribution in [2.45, 2.75) is 6.92 Å². The van der Waals surface area contributed by atoms with Crippen LogP contribution in [0.25, 0.3) is 0 Å². The Balaban J connectivity index is 0. The van der Waals surface area contributed by atoms with Crippen LogP contribution in [0, 0.1) is 7.14 Å². The van der Waals surface area contributed by atoms with Gasteiger partial charge in [0.15, 0.2) is 0 Å². The van der Waals surface area contributed by atoms with Crippen molar-refractivity contribution in [3.8, 4) is 0 Å². The molecular formula is C11H18I2N2O5. The highest BCUT2D eigenvalue weighted by Crippen LogP contribution is 2.07. The minimum absolute atomic E-state index is 0.0116. The van der Waals surface area contributed by atoms with Crippen molar-refractivity contribution >= 4 is 51.2 Å². The van der Waals surface area contributed by atoms with Gasteiger partial charge in [-0.15, -0.1) is 0 Å². The highest BCUT2D eigenvalue weighted by molar-refractivity contribution is 14.1. The number of pyridine rings is 1. The number of carboxylic acid groups (broad SMARTS) is 1. The van der Waals surface area contributed by atoms with E-state index in [1.165, 1.54) is 0 Å². The molecule has 5 N–H and O–H groups in total. The van der Waals surface area contributed by atoms with Crippen LogP contribution in [-0.4, -0.2) is 52.6 Å². The molecule has 0 aromatic carbocycles. The molecule has 0 aliphatic rings. The minimum Gasteiger partial charge on any atom is -0.481 e. The van der Waals surface area contributed by atoms with E-state index in [9.17, 15) is 4.79 Å². The molecule has 20 heavy (non-hydrogen) atoms. The van der Waals surface area contributed by atoms with Gasteiger partial charge in [0.1, 0.15) is 0 Å². The highest BCUT2D eigenvalue weighted by atomic mass is 127. The number of hydrogen-bond acceptors (Lipinski definition) is 5. The van der Waals surface area contributed by atoms with Crippen LogP contribution in [0.3, 0.4) is 0 Å². The summed E-state index contributed by atoms with van der Waals surface area (Å²) in [6, 6.07) is 1.86. The molecule has 0 unspecified atom stereocenters. The minimum atomic E-state index is -0.833. The molecule has 0 amide bonds. The lowest BCUT2D eigenvalue weighted by Gasteiger charge is -1.94. The highest BCUT2D eigenvalue weighted by Gasteiger charge is 1.96. The molecule has 1 rings (SSSR count). The summed E-state index contributed by atoms with van der Waals surface area (Å²) >= 11 is 4.14. The largest absolute Gasteiger partial charge is 0.481 e. The van der Waals surface area contributed by atoms with E-state index in [4.69, 9.17) is 20.1 Å². The van der Waals surface area contributed by atoms with E-state index in [2.05, 4.69) is 32.9 Å². The van der Waals surface area contributed by atoms with Crippen LogP contribution in [-0.2, 0) is 4.79 Å². The summed E-state index contributed by atoms with van der Waals surface area (Å²) in [5.41, 5.74) is -0.0116. The zero-order chi connectivity index (χ0) is 16.0. The van der Waals surface area contributed by atoms with Crippen molar-refractivity contribution in [3.05, 3.63) is 29.8 Å². The third-order valence-corrected chi connectivity index (χ3v) is 4.43. The molecule has 1 aromatic rings. The van der Waals surface area contributed by atoms with Crippen molar-refractivity contribution in [3.63, 3.8) is 0 Å². The topological polar surface area (TPSA) is 123 Å². The van der Waals surface area contributed by atoms with Gasteiger partial charge in [0.2, 0.25) is 0 Å². The van der Waals surface area contributed by atoms with E-state index >= 15 is 0 Å². The molecule has 9 heteroatoms. The second-order valence-corrected chi connectivity index (χ2v) is 5.43. The van der Waals surface area contributed by atoms with Gasteiger partial charge in [0.25, 0.3) is 11.5 Å². The van der Waals surface area contributed by atoms with Crippen molar-refractivity contribution in [1.29, 1.82) is 0 Å². The fraction of sp³-hybridized carbons (Fsp3) is 0.455. The molecule has 1 aromatic heterocycles. The number of aromatic amines is 1. The second-order valence-electron chi connectivity index (χ2n) is 3.18. The number of nitrogens with one attached hydrogen (secondary N) is 2. The second kappa shape index (κ2) is 15.2. The molecule has 0 bridgehead atoms. The predicted molar refractivity (Wildman–Crippen MR) is 92.8 cm³/mol. The number of halogens is 2. The third-order valence-electron chi connectivity index (χ3n) is 1.43. The molecule has 0 radical (unpaired) electrons. The van der Waals surface area contributed by atoms with Gasteiger partial charge in [-0.1, -0.05) is 0 Å². The van der Waals surface area contributed by atoms with Crippen LogP contribution < -0.4 is 10.9 Å². The van der Waals surface area contributed by atoms with E-state index in [1.54, 1.807) is 6.20 Å². The number of aliphatic hydroxyl groups is 2. The Morgan fingerprint density at radius 1 is 1.30 bits per heavy atom.